The molecule has 1 N–H and O–H groups in total. The average molecular weight is 280 g/mol. The SMILES string of the molecule is CC(O)c1cnc(N2CCc3sccc3C2C)s1. The molecule has 5 heteroatoms. The second-order valence-corrected chi connectivity index (χ2v) is 6.68. The molecule has 0 radical (unpaired) electrons. The molecule has 2 aromatic rings. The van der Waals surface area contributed by atoms with Gasteiger partial charge in [-0.05, 0) is 37.3 Å². The Morgan fingerprint density at radius 3 is 3.11 bits per heavy atom. The van der Waals surface area contributed by atoms with Crippen molar-refractivity contribution in [2.75, 3.05) is 11.4 Å². The predicted molar refractivity (Wildman–Crippen MR) is 76.5 cm³/mol. The van der Waals surface area contributed by atoms with E-state index in [1.807, 2.05) is 11.3 Å². The number of aliphatic hydroxyl groups is 1. The van der Waals surface area contributed by atoms with E-state index >= 15 is 0 Å². The van der Waals surface area contributed by atoms with E-state index in [-0.39, 0.29) is 0 Å². The zero-order valence-electron chi connectivity index (χ0n) is 10.5. The average Bonchev–Trinajstić information content (AvgIpc) is 2.97. The first-order valence-electron chi connectivity index (χ1n) is 6.13. The lowest BCUT2D eigenvalue weighted by Crippen LogP contribution is -2.32. The Hall–Kier alpha value is -0.910. The molecule has 2 aromatic heterocycles. The van der Waals surface area contributed by atoms with Crippen LogP contribution in [0.1, 0.15) is 41.3 Å². The quantitative estimate of drug-likeness (QED) is 0.916. The summed E-state index contributed by atoms with van der Waals surface area (Å²) in [6.45, 7) is 5.03. The molecule has 3 rings (SSSR count). The molecule has 0 amide bonds. The molecule has 2 unspecified atom stereocenters. The molecule has 1 aliphatic heterocycles. The highest BCUT2D eigenvalue weighted by Gasteiger charge is 2.26. The first kappa shape index (κ1) is 12.1. The van der Waals surface area contributed by atoms with Crippen LogP contribution in [0, 0.1) is 0 Å². The number of rotatable bonds is 2. The number of hydrogen-bond acceptors (Lipinski definition) is 5. The minimum absolute atomic E-state index is 0.382. The first-order chi connectivity index (χ1) is 8.66. The van der Waals surface area contributed by atoms with Gasteiger partial charge in [-0.15, -0.1) is 11.3 Å². The van der Waals surface area contributed by atoms with Gasteiger partial charge in [0.2, 0.25) is 0 Å². The molecule has 3 nitrogen and oxygen atoms in total. The van der Waals surface area contributed by atoms with Crippen LogP contribution in [-0.2, 0) is 6.42 Å². The summed E-state index contributed by atoms with van der Waals surface area (Å²) in [4.78, 5) is 9.24. The van der Waals surface area contributed by atoms with E-state index in [4.69, 9.17) is 0 Å². The van der Waals surface area contributed by atoms with Gasteiger partial charge in [0.15, 0.2) is 5.13 Å². The van der Waals surface area contributed by atoms with Gasteiger partial charge >= 0.3 is 0 Å². The van der Waals surface area contributed by atoms with Crippen molar-refractivity contribution >= 4 is 27.8 Å². The molecule has 0 bridgehead atoms. The van der Waals surface area contributed by atoms with Gasteiger partial charge in [0.1, 0.15) is 0 Å². The Kier molecular flexibility index (Phi) is 3.13. The Morgan fingerprint density at radius 1 is 1.56 bits per heavy atom. The molecule has 18 heavy (non-hydrogen) atoms. The van der Waals surface area contributed by atoms with Crippen LogP contribution in [0.2, 0.25) is 0 Å². The van der Waals surface area contributed by atoms with Gasteiger partial charge in [0.05, 0.1) is 17.0 Å². The molecule has 0 saturated carbocycles. The lowest BCUT2D eigenvalue weighted by Gasteiger charge is -2.33. The largest absolute Gasteiger partial charge is 0.388 e. The van der Waals surface area contributed by atoms with E-state index in [0.717, 1.165) is 23.0 Å². The van der Waals surface area contributed by atoms with Gasteiger partial charge in [-0.3, -0.25) is 0 Å². The topological polar surface area (TPSA) is 36.4 Å². The van der Waals surface area contributed by atoms with E-state index in [1.165, 1.54) is 10.4 Å². The molecule has 0 saturated heterocycles. The van der Waals surface area contributed by atoms with Crippen LogP contribution in [-0.4, -0.2) is 16.6 Å². The van der Waals surface area contributed by atoms with Crippen molar-refractivity contribution in [3.05, 3.63) is 33.0 Å². The molecule has 0 spiro atoms. The summed E-state index contributed by atoms with van der Waals surface area (Å²) in [6.07, 6.45) is 2.47. The van der Waals surface area contributed by atoms with Crippen LogP contribution in [0.4, 0.5) is 5.13 Å². The second-order valence-electron chi connectivity index (χ2n) is 4.64. The van der Waals surface area contributed by atoms with Gasteiger partial charge < -0.3 is 10.0 Å². The number of aliphatic hydroxyl groups excluding tert-OH is 1. The number of fused-ring (bicyclic) bond motifs is 1. The van der Waals surface area contributed by atoms with Gasteiger partial charge in [-0.25, -0.2) is 4.98 Å². The number of hydrogen-bond donors (Lipinski definition) is 1. The second kappa shape index (κ2) is 4.64. The molecular weight excluding hydrogens is 264 g/mol. The summed E-state index contributed by atoms with van der Waals surface area (Å²) < 4.78 is 0. The van der Waals surface area contributed by atoms with Crippen LogP contribution in [0.3, 0.4) is 0 Å². The Bertz CT molecular complexity index is 547. The van der Waals surface area contributed by atoms with Crippen molar-refractivity contribution in [3.8, 4) is 0 Å². The van der Waals surface area contributed by atoms with E-state index in [0.29, 0.717) is 6.04 Å². The summed E-state index contributed by atoms with van der Waals surface area (Å²) in [5.41, 5.74) is 1.43. The zero-order valence-corrected chi connectivity index (χ0v) is 12.1. The van der Waals surface area contributed by atoms with Gasteiger partial charge in [-0.2, -0.15) is 0 Å². The molecule has 0 fully saturated rings. The van der Waals surface area contributed by atoms with Crippen LogP contribution in [0.15, 0.2) is 17.6 Å². The van der Waals surface area contributed by atoms with Crippen molar-refractivity contribution in [1.82, 2.24) is 4.98 Å². The monoisotopic (exact) mass is 280 g/mol. The number of thiophene rings is 1. The number of thiazole rings is 1. The lowest BCUT2D eigenvalue weighted by molar-refractivity contribution is 0.203. The predicted octanol–water partition coefficient (Wildman–Crippen LogP) is 3.38. The fraction of sp³-hybridized carbons (Fsp3) is 0.462. The molecule has 0 aliphatic carbocycles. The van der Waals surface area contributed by atoms with Crippen LogP contribution >= 0.6 is 22.7 Å². The fourth-order valence-corrected chi connectivity index (χ4v) is 4.30. The third-order valence-corrected chi connectivity index (χ3v) is 5.65. The van der Waals surface area contributed by atoms with Gasteiger partial charge in [-0.1, -0.05) is 11.3 Å². The number of nitrogens with zero attached hydrogens (tertiary/aromatic N) is 2. The summed E-state index contributed by atoms with van der Waals surface area (Å²) in [5.74, 6) is 0. The Morgan fingerprint density at radius 2 is 2.39 bits per heavy atom. The van der Waals surface area contributed by atoms with Gasteiger partial charge in [0, 0.05) is 17.6 Å². The molecule has 1 aliphatic rings. The highest BCUT2D eigenvalue weighted by atomic mass is 32.1. The minimum Gasteiger partial charge on any atom is -0.388 e. The highest BCUT2D eigenvalue weighted by Crippen LogP contribution is 2.38. The maximum Gasteiger partial charge on any atom is 0.186 e. The normalized spacial score (nSPS) is 20.8. The Labute approximate surface area is 115 Å². The lowest BCUT2D eigenvalue weighted by atomic mass is 10.0. The number of aromatic nitrogens is 1. The van der Waals surface area contributed by atoms with Crippen molar-refractivity contribution < 1.29 is 5.11 Å². The number of anilines is 1. The summed E-state index contributed by atoms with van der Waals surface area (Å²) >= 11 is 3.45. The standard InChI is InChI=1S/C13H16N2OS2/c1-8-10-4-6-17-11(10)3-5-15(8)13-14-7-12(18-13)9(2)16/h4,6-9,16H,3,5H2,1-2H3. The van der Waals surface area contributed by atoms with E-state index < -0.39 is 6.10 Å². The van der Waals surface area contributed by atoms with Gasteiger partial charge in [0.25, 0.3) is 0 Å². The van der Waals surface area contributed by atoms with Crippen LogP contribution < -0.4 is 4.90 Å². The first-order valence-corrected chi connectivity index (χ1v) is 7.83. The smallest absolute Gasteiger partial charge is 0.186 e. The van der Waals surface area contributed by atoms with Crippen molar-refractivity contribution in [2.45, 2.75) is 32.4 Å². The van der Waals surface area contributed by atoms with E-state index in [2.05, 4.69) is 28.3 Å². The van der Waals surface area contributed by atoms with E-state index in [1.54, 1.807) is 24.5 Å². The minimum atomic E-state index is -0.423. The van der Waals surface area contributed by atoms with Crippen molar-refractivity contribution in [2.24, 2.45) is 0 Å². The summed E-state index contributed by atoms with van der Waals surface area (Å²) in [6, 6.07) is 2.60. The van der Waals surface area contributed by atoms with E-state index in [9.17, 15) is 5.11 Å². The van der Waals surface area contributed by atoms with Crippen LogP contribution in [0.5, 0.6) is 0 Å². The molecule has 2 atom stereocenters. The maximum absolute atomic E-state index is 9.58. The highest BCUT2D eigenvalue weighted by molar-refractivity contribution is 7.15. The molecule has 3 heterocycles. The third kappa shape index (κ3) is 1.96. The molecule has 0 aromatic carbocycles. The Balaban J connectivity index is 1.89. The zero-order chi connectivity index (χ0) is 12.7. The fourth-order valence-electron chi connectivity index (χ4n) is 2.37. The van der Waals surface area contributed by atoms with Crippen molar-refractivity contribution in [3.63, 3.8) is 0 Å². The third-order valence-electron chi connectivity index (χ3n) is 3.45. The van der Waals surface area contributed by atoms with Crippen molar-refractivity contribution in [1.29, 1.82) is 0 Å². The maximum atomic E-state index is 9.58. The summed E-state index contributed by atoms with van der Waals surface area (Å²) in [5, 5.41) is 12.8. The molecular formula is C13H16N2OS2. The molecule has 96 valence electrons. The summed E-state index contributed by atoms with van der Waals surface area (Å²) in [7, 11) is 0. The van der Waals surface area contributed by atoms with Crippen LogP contribution in [0.25, 0.3) is 0 Å².